The van der Waals surface area contributed by atoms with E-state index in [0.29, 0.717) is 50.5 Å². The van der Waals surface area contributed by atoms with Gasteiger partial charge < -0.3 is 30.2 Å². The number of hydrogen-bond donors (Lipinski definition) is 3. The van der Waals surface area contributed by atoms with Crippen molar-refractivity contribution in [1.29, 1.82) is 0 Å². The molecule has 0 radical (unpaired) electrons. The second-order valence-corrected chi connectivity index (χ2v) is 8.62. The van der Waals surface area contributed by atoms with Gasteiger partial charge in [0.25, 0.3) is 0 Å². The molecule has 4 amide bonds. The van der Waals surface area contributed by atoms with Crippen molar-refractivity contribution in [2.24, 2.45) is 0 Å². The SMILES string of the molecule is COc1cccc(NC(=O)C(C)NC(=O)N2CCN(C(=O)CCc3c[nH]c4ccccc34)CC2)c1. The summed E-state index contributed by atoms with van der Waals surface area (Å²) in [5.74, 6) is 0.396. The maximum absolute atomic E-state index is 12.7. The van der Waals surface area contributed by atoms with E-state index in [9.17, 15) is 14.4 Å². The Labute approximate surface area is 204 Å². The van der Waals surface area contributed by atoms with Crippen LogP contribution in [0.25, 0.3) is 10.9 Å². The van der Waals surface area contributed by atoms with E-state index in [2.05, 4.69) is 21.7 Å². The first kappa shape index (κ1) is 24.1. The zero-order valence-corrected chi connectivity index (χ0v) is 20.0. The molecule has 1 aromatic heterocycles. The van der Waals surface area contributed by atoms with Crippen LogP contribution in [0.15, 0.2) is 54.7 Å². The van der Waals surface area contributed by atoms with Gasteiger partial charge in [-0.15, -0.1) is 0 Å². The highest BCUT2D eigenvalue weighted by Gasteiger charge is 2.26. The molecule has 0 spiro atoms. The van der Waals surface area contributed by atoms with Crippen LogP contribution in [0.2, 0.25) is 0 Å². The number of piperazine rings is 1. The molecule has 35 heavy (non-hydrogen) atoms. The molecule has 0 saturated carbocycles. The quantitative estimate of drug-likeness (QED) is 0.486. The largest absolute Gasteiger partial charge is 0.497 e. The minimum atomic E-state index is -0.718. The first-order valence-electron chi connectivity index (χ1n) is 11.8. The lowest BCUT2D eigenvalue weighted by Gasteiger charge is -2.35. The van der Waals surface area contributed by atoms with Gasteiger partial charge in [-0.05, 0) is 37.1 Å². The number of hydrogen-bond acceptors (Lipinski definition) is 4. The van der Waals surface area contributed by atoms with E-state index in [1.807, 2.05) is 24.4 Å². The standard InChI is InChI=1S/C26H31N5O4/c1-18(25(33)29-20-6-5-7-21(16-20)35-2)28-26(34)31-14-12-30(13-15-31)24(32)11-10-19-17-27-23-9-4-3-8-22(19)23/h3-9,16-18,27H,10-15H2,1-2H3,(H,28,34)(H,29,33). The third-order valence-electron chi connectivity index (χ3n) is 6.27. The molecule has 3 aromatic rings. The van der Waals surface area contributed by atoms with E-state index in [1.54, 1.807) is 48.1 Å². The van der Waals surface area contributed by atoms with Crippen molar-refractivity contribution in [2.45, 2.75) is 25.8 Å². The van der Waals surface area contributed by atoms with Crippen LogP contribution in [-0.2, 0) is 16.0 Å². The van der Waals surface area contributed by atoms with E-state index in [-0.39, 0.29) is 17.8 Å². The Morgan fingerprint density at radius 1 is 1.03 bits per heavy atom. The maximum Gasteiger partial charge on any atom is 0.318 e. The van der Waals surface area contributed by atoms with Gasteiger partial charge in [-0.3, -0.25) is 9.59 Å². The van der Waals surface area contributed by atoms with Gasteiger partial charge in [0, 0.05) is 61.5 Å². The predicted molar refractivity (Wildman–Crippen MR) is 134 cm³/mol. The van der Waals surface area contributed by atoms with Gasteiger partial charge in [-0.25, -0.2) is 4.79 Å². The van der Waals surface area contributed by atoms with E-state index >= 15 is 0 Å². The van der Waals surface area contributed by atoms with Crippen LogP contribution in [0.4, 0.5) is 10.5 Å². The highest BCUT2D eigenvalue weighted by Crippen LogP contribution is 2.20. The molecule has 184 valence electrons. The molecule has 9 nitrogen and oxygen atoms in total. The normalized spacial score (nSPS) is 14.5. The van der Waals surface area contributed by atoms with Crippen molar-refractivity contribution in [1.82, 2.24) is 20.1 Å². The van der Waals surface area contributed by atoms with E-state index in [0.717, 1.165) is 16.5 Å². The van der Waals surface area contributed by atoms with Crippen molar-refractivity contribution >= 4 is 34.4 Å². The maximum atomic E-state index is 12.7. The molecular weight excluding hydrogens is 446 g/mol. The van der Waals surface area contributed by atoms with Gasteiger partial charge >= 0.3 is 6.03 Å². The summed E-state index contributed by atoms with van der Waals surface area (Å²) in [7, 11) is 1.56. The summed E-state index contributed by atoms with van der Waals surface area (Å²) in [4.78, 5) is 44.5. The predicted octanol–water partition coefficient (Wildman–Crippen LogP) is 2.99. The van der Waals surface area contributed by atoms with Crippen molar-refractivity contribution < 1.29 is 19.1 Å². The Morgan fingerprint density at radius 2 is 1.77 bits per heavy atom. The topological polar surface area (TPSA) is 107 Å². The number of para-hydroxylation sites is 1. The second kappa shape index (κ2) is 10.9. The number of methoxy groups -OCH3 is 1. The molecule has 1 unspecified atom stereocenters. The van der Waals surface area contributed by atoms with Gasteiger partial charge in [-0.2, -0.15) is 0 Å². The molecule has 4 rings (SSSR count). The van der Waals surface area contributed by atoms with Crippen molar-refractivity contribution in [3.8, 4) is 5.75 Å². The molecule has 2 aromatic carbocycles. The van der Waals surface area contributed by atoms with Crippen LogP contribution >= 0.6 is 0 Å². The van der Waals surface area contributed by atoms with Crippen molar-refractivity contribution in [3.63, 3.8) is 0 Å². The fourth-order valence-corrected chi connectivity index (χ4v) is 4.19. The molecule has 1 fully saturated rings. The molecule has 1 aliphatic rings. The summed E-state index contributed by atoms with van der Waals surface area (Å²) in [6.07, 6.45) is 3.06. The molecule has 2 heterocycles. The molecule has 3 N–H and O–H groups in total. The molecule has 1 saturated heterocycles. The Bertz CT molecular complexity index is 1200. The lowest BCUT2D eigenvalue weighted by Crippen LogP contribution is -2.55. The first-order chi connectivity index (χ1) is 16.9. The number of urea groups is 1. The smallest absolute Gasteiger partial charge is 0.318 e. The molecule has 0 bridgehead atoms. The number of aryl methyl sites for hydroxylation is 1. The number of nitrogens with one attached hydrogen (secondary N) is 3. The lowest BCUT2D eigenvalue weighted by atomic mass is 10.1. The molecule has 0 aliphatic carbocycles. The summed E-state index contributed by atoms with van der Waals surface area (Å²) in [6.45, 7) is 3.44. The van der Waals surface area contributed by atoms with Gasteiger partial charge in [0.1, 0.15) is 11.8 Å². The summed E-state index contributed by atoms with van der Waals surface area (Å²) in [6, 6.07) is 14.0. The molecule has 1 aliphatic heterocycles. The number of amides is 4. The minimum Gasteiger partial charge on any atom is -0.497 e. The Kier molecular flexibility index (Phi) is 7.54. The van der Waals surface area contributed by atoms with Crippen LogP contribution in [0.1, 0.15) is 18.9 Å². The van der Waals surface area contributed by atoms with Gasteiger partial charge in [0.2, 0.25) is 11.8 Å². The van der Waals surface area contributed by atoms with E-state index in [1.165, 1.54) is 0 Å². The number of anilines is 1. The van der Waals surface area contributed by atoms with Crippen LogP contribution in [0, 0.1) is 0 Å². The van der Waals surface area contributed by atoms with Crippen molar-refractivity contribution in [3.05, 3.63) is 60.3 Å². The van der Waals surface area contributed by atoms with Crippen molar-refractivity contribution in [2.75, 3.05) is 38.6 Å². The van der Waals surface area contributed by atoms with E-state index < -0.39 is 6.04 Å². The summed E-state index contributed by atoms with van der Waals surface area (Å²) >= 11 is 0. The number of ether oxygens (including phenoxy) is 1. The van der Waals surface area contributed by atoms with Crippen LogP contribution < -0.4 is 15.4 Å². The van der Waals surface area contributed by atoms with E-state index in [4.69, 9.17) is 4.74 Å². The number of fused-ring (bicyclic) bond motifs is 1. The number of aromatic nitrogens is 1. The van der Waals surface area contributed by atoms with Crippen LogP contribution in [0.5, 0.6) is 5.75 Å². The molecule has 9 heteroatoms. The van der Waals surface area contributed by atoms with Gasteiger partial charge in [-0.1, -0.05) is 24.3 Å². The van der Waals surface area contributed by atoms with Gasteiger partial charge in [0.05, 0.1) is 7.11 Å². The summed E-state index contributed by atoms with van der Waals surface area (Å²) in [5.41, 5.74) is 2.80. The number of nitrogens with zero attached hydrogens (tertiary/aromatic N) is 2. The third-order valence-corrected chi connectivity index (χ3v) is 6.27. The zero-order valence-electron chi connectivity index (χ0n) is 20.0. The average Bonchev–Trinajstić information content (AvgIpc) is 3.30. The number of aromatic amines is 1. The molecular formula is C26H31N5O4. The monoisotopic (exact) mass is 477 g/mol. The second-order valence-electron chi connectivity index (χ2n) is 8.62. The third kappa shape index (κ3) is 5.92. The van der Waals surface area contributed by atoms with Crippen LogP contribution in [0.3, 0.4) is 0 Å². The Morgan fingerprint density at radius 3 is 2.54 bits per heavy atom. The highest BCUT2D eigenvalue weighted by molar-refractivity contribution is 5.96. The fourth-order valence-electron chi connectivity index (χ4n) is 4.19. The number of benzene rings is 2. The molecule has 1 atom stereocenters. The number of rotatable bonds is 7. The Balaban J connectivity index is 1.21. The minimum absolute atomic E-state index is 0.0846. The summed E-state index contributed by atoms with van der Waals surface area (Å²) < 4.78 is 5.16. The number of H-pyrrole nitrogens is 1. The first-order valence-corrected chi connectivity index (χ1v) is 11.8. The van der Waals surface area contributed by atoms with Crippen LogP contribution in [-0.4, -0.2) is 72.0 Å². The Hall–Kier alpha value is -4.01. The fraction of sp³-hybridized carbons (Fsp3) is 0.346. The summed E-state index contributed by atoms with van der Waals surface area (Å²) in [5, 5.41) is 6.66. The number of carbonyl (C=O) groups is 3. The average molecular weight is 478 g/mol. The van der Waals surface area contributed by atoms with Gasteiger partial charge in [0.15, 0.2) is 0 Å². The highest BCUT2D eigenvalue weighted by atomic mass is 16.5. The number of carbonyl (C=O) groups excluding carboxylic acids is 3. The lowest BCUT2D eigenvalue weighted by molar-refractivity contribution is -0.132. The zero-order chi connectivity index (χ0) is 24.8.